The van der Waals surface area contributed by atoms with Crippen molar-refractivity contribution >= 4 is 10.0 Å². The molecule has 0 radical (unpaired) electrons. The van der Waals surface area contributed by atoms with E-state index in [4.69, 9.17) is 14.7 Å². The van der Waals surface area contributed by atoms with E-state index in [2.05, 4.69) is 0 Å². The van der Waals surface area contributed by atoms with Crippen LogP contribution in [0.15, 0.2) is 53.4 Å². The maximum atomic E-state index is 12.7. The molecule has 1 aliphatic rings. The van der Waals surface area contributed by atoms with Crippen LogP contribution in [-0.2, 0) is 10.0 Å². The van der Waals surface area contributed by atoms with Crippen LogP contribution in [0.25, 0.3) is 0 Å². The highest BCUT2D eigenvalue weighted by Crippen LogP contribution is 2.31. The Labute approximate surface area is 140 Å². The number of sulfonamides is 1. The van der Waals surface area contributed by atoms with Gasteiger partial charge in [-0.25, -0.2) is 8.42 Å². The summed E-state index contributed by atoms with van der Waals surface area (Å²) >= 11 is 0. The molecule has 3 rings (SSSR count). The lowest BCUT2D eigenvalue weighted by atomic mass is 10.2. The third kappa shape index (κ3) is 3.07. The molecule has 0 N–H and O–H groups in total. The molecule has 2 aromatic carbocycles. The number of rotatable bonds is 4. The van der Waals surface area contributed by atoms with Crippen molar-refractivity contribution in [2.75, 3.05) is 20.2 Å². The number of ether oxygens (including phenoxy) is 2. The van der Waals surface area contributed by atoms with Crippen LogP contribution in [0, 0.1) is 11.3 Å². The number of benzene rings is 2. The van der Waals surface area contributed by atoms with Crippen LogP contribution in [0.5, 0.6) is 11.5 Å². The molecule has 1 atom stereocenters. The first-order valence-corrected chi connectivity index (χ1v) is 8.80. The van der Waals surface area contributed by atoms with Crippen molar-refractivity contribution in [3.63, 3.8) is 0 Å². The first-order valence-electron chi connectivity index (χ1n) is 7.36. The lowest BCUT2D eigenvalue weighted by Crippen LogP contribution is -2.41. The Balaban J connectivity index is 1.78. The Bertz CT molecular complexity index is 889. The molecule has 7 heteroatoms. The van der Waals surface area contributed by atoms with Crippen LogP contribution in [0.1, 0.15) is 5.56 Å². The summed E-state index contributed by atoms with van der Waals surface area (Å²) in [6.07, 6.45) is -0.422. The SMILES string of the molecule is CN(C[C@@H]1COc2ccccc2O1)S(=O)(=O)c1ccccc1C#N. The fraction of sp³-hybridized carbons (Fsp3) is 0.235. The van der Waals surface area contributed by atoms with E-state index in [-0.39, 0.29) is 23.6 Å². The molecule has 24 heavy (non-hydrogen) atoms. The average Bonchev–Trinajstić information content (AvgIpc) is 2.61. The summed E-state index contributed by atoms with van der Waals surface area (Å²) in [4.78, 5) is -0.00729. The maximum Gasteiger partial charge on any atom is 0.244 e. The van der Waals surface area contributed by atoms with Gasteiger partial charge in [-0.1, -0.05) is 24.3 Å². The molecule has 1 heterocycles. The number of nitrogens with zero attached hydrogens (tertiary/aromatic N) is 2. The summed E-state index contributed by atoms with van der Waals surface area (Å²) in [6.45, 7) is 0.382. The molecule has 0 saturated heterocycles. The van der Waals surface area contributed by atoms with Gasteiger partial charge in [-0.2, -0.15) is 9.57 Å². The van der Waals surface area contributed by atoms with Crippen LogP contribution in [0.4, 0.5) is 0 Å². The summed E-state index contributed by atoms with van der Waals surface area (Å²) in [5.74, 6) is 1.24. The molecule has 0 amide bonds. The number of likely N-dealkylation sites (N-methyl/N-ethyl adjacent to an activating group) is 1. The smallest absolute Gasteiger partial charge is 0.244 e. The van der Waals surface area contributed by atoms with E-state index in [1.807, 2.05) is 18.2 Å². The molecule has 2 aromatic rings. The zero-order chi connectivity index (χ0) is 17.2. The molecule has 0 spiro atoms. The summed E-state index contributed by atoms with van der Waals surface area (Å²) in [5, 5.41) is 9.12. The minimum Gasteiger partial charge on any atom is -0.486 e. The van der Waals surface area contributed by atoms with E-state index < -0.39 is 16.1 Å². The van der Waals surface area contributed by atoms with Crippen molar-refractivity contribution in [3.8, 4) is 17.6 Å². The average molecular weight is 344 g/mol. The highest BCUT2D eigenvalue weighted by atomic mass is 32.2. The molecule has 0 aromatic heterocycles. The molecule has 0 bridgehead atoms. The van der Waals surface area contributed by atoms with E-state index in [1.165, 1.54) is 23.5 Å². The number of fused-ring (bicyclic) bond motifs is 1. The molecule has 6 nitrogen and oxygen atoms in total. The maximum absolute atomic E-state index is 12.7. The standard InChI is InChI=1S/C17H16N2O4S/c1-19(24(20,21)17-9-5-2-6-13(17)10-18)11-14-12-22-15-7-3-4-8-16(15)23-14/h2-9,14H,11-12H2,1H3/t14-/m1/s1. The third-order valence-electron chi connectivity index (χ3n) is 3.72. The number of para-hydroxylation sites is 2. The quantitative estimate of drug-likeness (QED) is 0.848. The van der Waals surface area contributed by atoms with Crippen LogP contribution in [0.3, 0.4) is 0 Å². The Kier molecular flexibility index (Phi) is 4.42. The number of nitriles is 1. The molecule has 1 aliphatic heterocycles. The Morgan fingerprint density at radius 2 is 1.83 bits per heavy atom. The van der Waals surface area contributed by atoms with E-state index in [9.17, 15) is 8.42 Å². The topological polar surface area (TPSA) is 79.6 Å². The normalized spacial score (nSPS) is 16.6. The first kappa shape index (κ1) is 16.3. The first-order chi connectivity index (χ1) is 11.5. The Morgan fingerprint density at radius 3 is 2.58 bits per heavy atom. The molecule has 0 aliphatic carbocycles. The van der Waals surface area contributed by atoms with Gasteiger partial charge in [0.05, 0.1) is 17.0 Å². The summed E-state index contributed by atoms with van der Waals surface area (Å²) < 4.78 is 38.0. The predicted molar refractivity (Wildman–Crippen MR) is 87.3 cm³/mol. The van der Waals surface area contributed by atoms with E-state index in [0.717, 1.165) is 0 Å². The van der Waals surface area contributed by atoms with Gasteiger partial charge in [-0.3, -0.25) is 0 Å². The van der Waals surface area contributed by atoms with Gasteiger partial charge >= 0.3 is 0 Å². The van der Waals surface area contributed by atoms with Gasteiger partial charge in [-0.15, -0.1) is 0 Å². The molecule has 124 valence electrons. The Hall–Kier alpha value is -2.56. The predicted octanol–water partition coefficient (Wildman–Crippen LogP) is 2.02. The van der Waals surface area contributed by atoms with Gasteiger partial charge in [0.15, 0.2) is 11.5 Å². The van der Waals surface area contributed by atoms with Crippen molar-refractivity contribution in [2.45, 2.75) is 11.0 Å². The second kappa shape index (κ2) is 6.51. The molecule has 0 saturated carbocycles. The minimum atomic E-state index is -3.78. The zero-order valence-electron chi connectivity index (χ0n) is 13.0. The van der Waals surface area contributed by atoms with E-state index in [1.54, 1.807) is 24.3 Å². The zero-order valence-corrected chi connectivity index (χ0v) is 13.9. The van der Waals surface area contributed by atoms with Gasteiger partial charge in [0.25, 0.3) is 0 Å². The van der Waals surface area contributed by atoms with Crippen molar-refractivity contribution < 1.29 is 17.9 Å². The van der Waals surface area contributed by atoms with Gasteiger partial charge in [0.1, 0.15) is 18.8 Å². The monoisotopic (exact) mass is 344 g/mol. The van der Waals surface area contributed by atoms with Crippen molar-refractivity contribution in [2.24, 2.45) is 0 Å². The van der Waals surface area contributed by atoms with Crippen LogP contribution >= 0.6 is 0 Å². The lowest BCUT2D eigenvalue weighted by molar-refractivity contribution is 0.0798. The summed E-state index contributed by atoms with van der Waals surface area (Å²) in [6, 6.07) is 15.3. The highest BCUT2D eigenvalue weighted by molar-refractivity contribution is 7.89. The van der Waals surface area contributed by atoms with Gasteiger partial charge in [0, 0.05) is 7.05 Å². The number of hydrogen-bond donors (Lipinski definition) is 0. The van der Waals surface area contributed by atoms with Crippen LogP contribution in [0.2, 0.25) is 0 Å². The summed E-state index contributed by atoms with van der Waals surface area (Å²) in [7, 11) is -2.32. The van der Waals surface area contributed by atoms with Crippen molar-refractivity contribution in [3.05, 3.63) is 54.1 Å². The van der Waals surface area contributed by atoms with E-state index in [0.29, 0.717) is 11.5 Å². The van der Waals surface area contributed by atoms with Crippen LogP contribution < -0.4 is 9.47 Å². The van der Waals surface area contributed by atoms with Crippen molar-refractivity contribution in [1.82, 2.24) is 4.31 Å². The molecular formula is C17H16N2O4S. The summed E-state index contributed by atoms with van der Waals surface area (Å²) in [5.41, 5.74) is 0.121. The second-order valence-corrected chi connectivity index (χ2v) is 7.40. The Morgan fingerprint density at radius 1 is 1.17 bits per heavy atom. The lowest BCUT2D eigenvalue weighted by Gasteiger charge is -2.29. The highest BCUT2D eigenvalue weighted by Gasteiger charge is 2.29. The molecule has 0 unspecified atom stereocenters. The second-order valence-electron chi connectivity index (χ2n) is 5.39. The fourth-order valence-electron chi connectivity index (χ4n) is 2.49. The third-order valence-corrected chi connectivity index (χ3v) is 5.61. The van der Waals surface area contributed by atoms with Crippen molar-refractivity contribution in [1.29, 1.82) is 5.26 Å². The largest absolute Gasteiger partial charge is 0.486 e. The van der Waals surface area contributed by atoms with Crippen LogP contribution in [-0.4, -0.2) is 39.0 Å². The fourth-order valence-corrected chi connectivity index (χ4v) is 3.83. The van der Waals surface area contributed by atoms with Gasteiger partial charge < -0.3 is 9.47 Å². The number of hydrogen-bond acceptors (Lipinski definition) is 5. The minimum absolute atomic E-state index is 0.00729. The van der Waals surface area contributed by atoms with E-state index >= 15 is 0 Å². The van der Waals surface area contributed by atoms with Gasteiger partial charge in [-0.05, 0) is 24.3 Å². The molecular weight excluding hydrogens is 328 g/mol. The van der Waals surface area contributed by atoms with Gasteiger partial charge in [0.2, 0.25) is 10.0 Å². The molecule has 0 fully saturated rings.